The van der Waals surface area contributed by atoms with Crippen molar-refractivity contribution in [3.8, 4) is 11.3 Å². The number of nitrogens with zero attached hydrogens (tertiary/aromatic N) is 4. The Balaban J connectivity index is 0.00000323. The van der Waals surface area contributed by atoms with Gasteiger partial charge in [-0.25, -0.2) is 14.4 Å². The predicted molar refractivity (Wildman–Crippen MR) is 158 cm³/mol. The standard InChI is InChI=1S/C30H26ClFN6O.CH4/c1-18-17-38(13-12-33-18)29(39)19-6-9-22(10-7-19)36-30-35-16-20-15-34-28(24-4-2-3-5-26(24)32)25-14-21(31)8-11-23(25)27(20)37-30;/h2-11,14,16,18,33H,12-13,15,17H2,1H3,(H,35,36,37);1H4. The Labute approximate surface area is 238 Å². The summed E-state index contributed by atoms with van der Waals surface area (Å²) < 4.78 is 14.8. The van der Waals surface area contributed by atoms with Gasteiger partial charge >= 0.3 is 0 Å². The average molecular weight is 557 g/mol. The number of hydrogen-bond donors (Lipinski definition) is 2. The van der Waals surface area contributed by atoms with Gasteiger partial charge in [0.25, 0.3) is 5.91 Å². The van der Waals surface area contributed by atoms with Gasteiger partial charge in [-0.3, -0.25) is 9.79 Å². The second kappa shape index (κ2) is 11.5. The summed E-state index contributed by atoms with van der Waals surface area (Å²) in [6.07, 6.45) is 1.74. The van der Waals surface area contributed by atoms with E-state index >= 15 is 0 Å². The number of halogens is 2. The van der Waals surface area contributed by atoms with Gasteiger partial charge in [0.2, 0.25) is 5.95 Å². The van der Waals surface area contributed by atoms with Crippen LogP contribution in [0, 0.1) is 5.82 Å². The van der Waals surface area contributed by atoms with Gasteiger partial charge in [0.1, 0.15) is 5.82 Å². The van der Waals surface area contributed by atoms with Gasteiger partial charge in [-0.15, -0.1) is 0 Å². The molecule has 2 N–H and O–H groups in total. The first-order valence-corrected chi connectivity index (χ1v) is 13.2. The summed E-state index contributed by atoms with van der Waals surface area (Å²) in [6.45, 7) is 4.56. The third-order valence-corrected chi connectivity index (χ3v) is 7.17. The number of nitrogens with one attached hydrogen (secondary N) is 2. The number of amides is 1. The molecule has 1 unspecified atom stereocenters. The number of benzene rings is 3. The van der Waals surface area contributed by atoms with E-state index in [0.717, 1.165) is 23.4 Å². The van der Waals surface area contributed by atoms with Crippen LogP contribution in [0.3, 0.4) is 0 Å². The zero-order valence-corrected chi connectivity index (χ0v) is 22.0. The second-order valence-electron chi connectivity index (χ2n) is 9.71. The summed E-state index contributed by atoms with van der Waals surface area (Å²) in [7, 11) is 0. The highest BCUT2D eigenvalue weighted by molar-refractivity contribution is 6.31. The van der Waals surface area contributed by atoms with Crippen LogP contribution < -0.4 is 10.6 Å². The van der Waals surface area contributed by atoms with Gasteiger partial charge < -0.3 is 15.5 Å². The summed E-state index contributed by atoms with van der Waals surface area (Å²) in [5.74, 6) is 0.0751. The molecule has 6 rings (SSSR count). The number of carbonyl (C=O) groups excluding carboxylic acids is 1. The van der Waals surface area contributed by atoms with E-state index in [4.69, 9.17) is 21.6 Å². The van der Waals surface area contributed by atoms with Crippen molar-refractivity contribution in [1.29, 1.82) is 0 Å². The third kappa shape index (κ3) is 5.46. The molecule has 1 fully saturated rings. The molecule has 3 aromatic carbocycles. The van der Waals surface area contributed by atoms with Gasteiger partial charge in [0.15, 0.2) is 0 Å². The minimum Gasteiger partial charge on any atom is -0.336 e. The molecule has 0 radical (unpaired) electrons. The van der Waals surface area contributed by atoms with E-state index in [-0.39, 0.29) is 25.2 Å². The molecule has 0 aliphatic carbocycles. The SMILES string of the molecule is C.CC1CN(C(=O)c2ccc(Nc3ncc4c(n3)-c3ccc(Cl)cc3C(c3ccccc3F)=NC4)cc2)CCN1. The van der Waals surface area contributed by atoms with Gasteiger partial charge in [-0.2, -0.15) is 0 Å². The molecule has 1 atom stereocenters. The minimum atomic E-state index is -0.352. The molecule has 0 saturated carbocycles. The molecule has 40 heavy (non-hydrogen) atoms. The number of anilines is 2. The number of piperazine rings is 1. The molecule has 7 nitrogen and oxygen atoms in total. The fraction of sp³-hybridized carbons (Fsp3) is 0.226. The Morgan fingerprint density at radius 1 is 1.07 bits per heavy atom. The Morgan fingerprint density at radius 3 is 2.65 bits per heavy atom. The molecule has 1 saturated heterocycles. The van der Waals surface area contributed by atoms with Crippen molar-refractivity contribution >= 4 is 34.9 Å². The summed E-state index contributed by atoms with van der Waals surface area (Å²) in [6, 6.07) is 19.6. The molecule has 1 aromatic heterocycles. The lowest BCUT2D eigenvalue weighted by Crippen LogP contribution is -2.51. The highest BCUT2D eigenvalue weighted by Gasteiger charge is 2.24. The van der Waals surface area contributed by atoms with E-state index in [9.17, 15) is 9.18 Å². The van der Waals surface area contributed by atoms with E-state index in [1.54, 1.807) is 36.5 Å². The number of aliphatic imine (C=N–C) groups is 1. The smallest absolute Gasteiger partial charge is 0.253 e. The lowest BCUT2D eigenvalue weighted by atomic mass is 9.95. The summed E-state index contributed by atoms with van der Waals surface area (Å²) >= 11 is 6.36. The van der Waals surface area contributed by atoms with E-state index in [2.05, 4.69) is 22.5 Å². The van der Waals surface area contributed by atoms with Crippen LogP contribution in [0.1, 0.15) is 41.4 Å². The Hall–Kier alpha value is -4.14. The summed E-state index contributed by atoms with van der Waals surface area (Å²) in [5.41, 5.74) is 5.36. The van der Waals surface area contributed by atoms with Crippen molar-refractivity contribution in [3.05, 3.63) is 106 Å². The fourth-order valence-electron chi connectivity index (χ4n) is 4.99. The molecule has 2 aliphatic heterocycles. The lowest BCUT2D eigenvalue weighted by molar-refractivity contribution is 0.0709. The zero-order valence-electron chi connectivity index (χ0n) is 21.3. The molecule has 1 amide bonds. The van der Waals surface area contributed by atoms with Gasteiger partial charge in [-0.05, 0) is 55.5 Å². The van der Waals surface area contributed by atoms with Crippen LogP contribution >= 0.6 is 11.6 Å². The number of rotatable bonds is 4. The molecule has 0 bridgehead atoms. The van der Waals surface area contributed by atoms with E-state index in [0.29, 0.717) is 58.7 Å². The molecule has 204 valence electrons. The van der Waals surface area contributed by atoms with Crippen LogP contribution in [0.4, 0.5) is 16.0 Å². The second-order valence-corrected chi connectivity index (χ2v) is 10.1. The maximum Gasteiger partial charge on any atom is 0.253 e. The Bertz CT molecular complexity index is 1590. The first-order valence-electron chi connectivity index (χ1n) is 12.8. The predicted octanol–water partition coefficient (Wildman–Crippen LogP) is 6.10. The maximum atomic E-state index is 14.8. The van der Waals surface area contributed by atoms with Crippen LogP contribution in [0.5, 0.6) is 0 Å². The lowest BCUT2D eigenvalue weighted by Gasteiger charge is -2.32. The molecule has 2 aliphatic rings. The van der Waals surface area contributed by atoms with Crippen molar-refractivity contribution in [2.45, 2.75) is 26.9 Å². The highest BCUT2D eigenvalue weighted by atomic mass is 35.5. The number of carbonyl (C=O) groups is 1. The molecule has 4 aromatic rings. The number of hydrogen-bond acceptors (Lipinski definition) is 6. The largest absolute Gasteiger partial charge is 0.336 e. The topological polar surface area (TPSA) is 82.5 Å². The van der Waals surface area contributed by atoms with Crippen molar-refractivity contribution in [2.24, 2.45) is 4.99 Å². The van der Waals surface area contributed by atoms with Gasteiger partial charge in [-0.1, -0.05) is 37.2 Å². The van der Waals surface area contributed by atoms with Crippen LogP contribution in [0.25, 0.3) is 11.3 Å². The maximum absolute atomic E-state index is 14.8. The summed E-state index contributed by atoms with van der Waals surface area (Å²) in [4.78, 5) is 28.8. The van der Waals surface area contributed by atoms with Crippen molar-refractivity contribution in [2.75, 3.05) is 25.0 Å². The Morgan fingerprint density at radius 2 is 1.88 bits per heavy atom. The molecular formula is C31H30ClFN6O. The van der Waals surface area contributed by atoms with Crippen molar-refractivity contribution in [1.82, 2.24) is 20.2 Å². The molecule has 0 spiro atoms. The van der Waals surface area contributed by atoms with Crippen LogP contribution in [0.2, 0.25) is 5.02 Å². The highest BCUT2D eigenvalue weighted by Crippen LogP contribution is 2.34. The van der Waals surface area contributed by atoms with Gasteiger partial charge in [0.05, 0.1) is 18.0 Å². The van der Waals surface area contributed by atoms with Crippen LogP contribution in [-0.2, 0) is 6.54 Å². The van der Waals surface area contributed by atoms with Crippen LogP contribution in [0.15, 0.2) is 77.9 Å². The zero-order chi connectivity index (χ0) is 26.9. The first-order chi connectivity index (χ1) is 19.0. The van der Waals surface area contributed by atoms with E-state index in [1.807, 2.05) is 35.2 Å². The minimum absolute atomic E-state index is 0. The fourth-order valence-corrected chi connectivity index (χ4v) is 5.16. The molecule has 9 heteroatoms. The monoisotopic (exact) mass is 556 g/mol. The normalized spacial score (nSPS) is 16.1. The quantitative estimate of drug-likeness (QED) is 0.317. The van der Waals surface area contributed by atoms with Gasteiger partial charge in [0, 0.05) is 70.4 Å². The molecule has 3 heterocycles. The van der Waals surface area contributed by atoms with Crippen LogP contribution in [-0.4, -0.2) is 52.2 Å². The van der Waals surface area contributed by atoms with Crippen molar-refractivity contribution < 1.29 is 9.18 Å². The average Bonchev–Trinajstić information content (AvgIpc) is 3.10. The number of aromatic nitrogens is 2. The van der Waals surface area contributed by atoms with E-state index < -0.39 is 0 Å². The summed E-state index contributed by atoms with van der Waals surface area (Å²) in [5, 5.41) is 7.12. The van der Waals surface area contributed by atoms with Crippen molar-refractivity contribution in [3.63, 3.8) is 0 Å². The molecular weight excluding hydrogens is 527 g/mol. The number of fused-ring (bicyclic) bond motifs is 3. The van der Waals surface area contributed by atoms with E-state index in [1.165, 1.54) is 6.07 Å². The third-order valence-electron chi connectivity index (χ3n) is 6.94. The Kier molecular flexibility index (Phi) is 7.91. The first kappa shape index (κ1) is 27.4.